The number of imide groups is 1. The average Bonchev–Trinajstić information content (AvgIpc) is 3.01. The van der Waals surface area contributed by atoms with Gasteiger partial charge in [0, 0.05) is 16.3 Å². The van der Waals surface area contributed by atoms with E-state index in [1.54, 1.807) is 36.4 Å². The topological polar surface area (TPSA) is 58.6 Å². The van der Waals surface area contributed by atoms with E-state index in [2.05, 4.69) is 5.32 Å². The molecule has 0 bridgehead atoms. The van der Waals surface area contributed by atoms with Crippen LogP contribution in [0.5, 0.6) is 5.75 Å². The van der Waals surface area contributed by atoms with E-state index in [0.29, 0.717) is 22.0 Å². The third kappa shape index (κ3) is 3.80. The average molecular weight is 433 g/mol. The Labute approximate surface area is 185 Å². The Morgan fingerprint density at radius 3 is 2.32 bits per heavy atom. The standard InChI is InChI=1S/C25H21ClN2O3/c1-15-8-9-16(2)20(14-15)27-23-22(19-6-4-5-7-21(19)31-3)24(29)28(25(23)30)18-12-10-17(26)11-13-18/h4-14,27H,1-3H3. The van der Waals surface area contributed by atoms with Crippen LogP contribution in [0.15, 0.2) is 72.4 Å². The van der Waals surface area contributed by atoms with Gasteiger partial charge in [0.15, 0.2) is 0 Å². The van der Waals surface area contributed by atoms with E-state index >= 15 is 0 Å². The number of halogens is 1. The summed E-state index contributed by atoms with van der Waals surface area (Å²) in [6, 6.07) is 19.7. The normalized spacial score (nSPS) is 13.7. The van der Waals surface area contributed by atoms with E-state index in [0.717, 1.165) is 21.7 Å². The lowest BCUT2D eigenvalue weighted by atomic mass is 10.0. The number of nitrogens with one attached hydrogen (secondary N) is 1. The van der Waals surface area contributed by atoms with E-state index in [-0.39, 0.29) is 11.3 Å². The van der Waals surface area contributed by atoms with Crippen molar-refractivity contribution in [3.05, 3.63) is 94.1 Å². The number of nitrogens with zero attached hydrogens (tertiary/aromatic N) is 1. The first-order valence-electron chi connectivity index (χ1n) is 9.77. The van der Waals surface area contributed by atoms with Crippen molar-refractivity contribution in [1.29, 1.82) is 0 Å². The number of rotatable bonds is 5. The smallest absolute Gasteiger partial charge is 0.282 e. The van der Waals surface area contributed by atoms with E-state index < -0.39 is 11.8 Å². The molecule has 31 heavy (non-hydrogen) atoms. The summed E-state index contributed by atoms with van der Waals surface area (Å²) in [5, 5.41) is 3.75. The second kappa shape index (κ2) is 8.28. The van der Waals surface area contributed by atoms with Gasteiger partial charge in [0.2, 0.25) is 0 Å². The Kier molecular flexibility index (Phi) is 5.53. The third-order valence-corrected chi connectivity index (χ3v) is 5.45. The fraction of sp³-hybridized carbons (Fsp3) is 0.120. The SMILES string of the molecule is COc1ccccc1C1=C(Nc2cc(C)ccc2C)C(=O)N(c2ccc(Cl)cc2)C1=O. The summed E-state index contributed by atoms with van der Waals surface area (Å²) in [5.74, 6) is -0.351. The van der Waals surface area contributed by atoms with Crippen molar-refractivity contribution in [2.24, 2.45) is 0 Å². The van der Waals surface area contributed by atoms with Gasteiger partial charge in [-0.15, -0.1) is 0 Å². The second-order valence-electron chi connectivity index (χ2n) is 7.32. The summed E-state index contributed by atoms with van der Waals surface area (Å²) in [4.78, 5) is 28.2. The summed E-state index contributed by atoms with van der Waals surface area (Å²) in [6.45, 7) is 3.92. The molecule has 2 amide bonds. The minimum Gasteiger partial charge on any atom is -0.496 e. The number of amides is 2. The molecular formula is C25H21ClN2O3. The van der Waals surface area contributed by atoms with Crippen LogP contribution in [0, 0.1) is 13.8 Å². The maximum atomic E-state index is 13.5. The Morgan fingerprint density at radius 2 is 1.61 bits per heavy atom. The lowest BCUT2D eigenvalue weighted by molar-refractivity contribution is -0.120. The molecule has 1 aliphatic rings. The van der Waals surface area contributed by atoms with Crippen LogP contribution in [0.2, 0.25) is 5.02 Å². The van der Waals surface area contributed by atoms with Crippen LogP contribution in [0.3, 0.4) is 0 Å². The van der Waals surface area contributed by atoms with Gasteiger partial charge in [-0.1, -0.05) is 41.9 Å². The van der Waals surface area contributed by atoms with E-state index in [1.807, 2.05) is 44.2 Å². The van der Waals surface area contributed by atoms with Crippen LogP contribution in [0.4, 0.5) is 11.4 Å². The molecule has 0 unspecified atom stereocenters. The van der Waals surface area contributed by atoms with E-state index in [9.17, 15) is 9.59 Å². The first-order valence-corrected chi connectivity index (χ1v) is 10.1. The minimum atomic E-state index is -0.436. The lowest BCUT2D eigenvalue weighted by Crippen LogP contribution is -2.32. The van der Waals surface area contributed by atoms with Gasteiger partial charge in [0.1, 0.15) is 11.4 Å². The highest BCUT2D eigenvalue weighted by Gasteiger charge is 2.41. The molecule has 5 nitrogen and oxygen atoms in total. The van der Waals surface area contributed by atoms with Crippen LogP contribution in [0.1, 0.15) is 16.7 Å². The number of carbonyl (C=O) groups excluding carboxylic acids is 2. The highest BCUT2D eigenvalue weighted by atomic mass is 35.5. The van der Waals surface area contributed by atoms with Gasteiger partial charge in [0.25, 0.3) is 11.8 Å². The molecule has 6 heteroatoms. The van der Waals surface area contributed by atoms with Gasteiger partial charge < -0.3 is 10.1 Å². The predicted octanol–water partition coefficient (Wildman–Crippen LogP) is 5.36. The van der Waals surface area contributed by atoms with Crippen molar-refractivity contribution < 1.29 is 14.3 Å². The molecule has 0 radical (unpaired) electrons. The van der Waals surface area contributed by atoms with Gasteiger partial charge in [0.05, 0.1) is 18.4 Å². The molecule has 1 heterocycles. The van der Waals surface area contributed by atoms with Gasteiger partial charge in [-0.3, -0.25) is 9.59 Å². The number of para-hydroxylation sites is 1. The lowest BCUT2D eigenvalue weighted by Gasteiger charge is -2.16. The fourth-order valence-electron chi connectivity index (χ4n) is 3.58. The summed E-state index contributed by atoms with van der Waals surface area (Å²) in [5.41, 5.74) is 4.23. The number of hydrogen-bond acceptors (Lipinski definition) is 4. The Balaban J connectivity index is 1.88. The zero-order chi connectivity index (χ0) is 22.1. The van der Waals surface area contributed by atoms with Gasteiger partial charge in [-0.05, 0) is 61.4 Å². The quantitative estimate of drug-likeness (QED) is 0.551. The second-order valence-corrected chi connectivity index (χ2v) is 7.75. The first kappa shape index (κ1) is 20.7. The molecule has 0 fully saturated rings. The molecule has 1 aliphatic heterocycles. The van der Waals surface area contributed by atoms with Crippen molar-refractivity contribution >= 4 is 40.4 Å². The van der Waals surface area contributed by atoms with E-state index in [4.69, 9.17) is 16.3 Å². The van der Waals surface area contributed by atoms with Crippen LogP contribution >= 0.6 is 11.6 Å². The van der Waals surface area contributed by atoms with Crippen molar-refractivity contribution in [2.45, 2.75) is 13.8 Å². The van der Waals surface area contributed by atoms with Crippen LogP contribution in [-0.4, -0.2) is 18.9 Å². The van der Waals surface area contributed by atoms with Crippen molar-refractivity contribution in [2.75, 3.05) is 17.3 Å². The number of aryl methyl sites for hydroxylation is 2. The fourth-order valence-corrected chi connectivity index (χ4v) is 3.70. The highest BCUT2D eigenvalue weighted by Crippen LogP contribution is 2.38. The van der Waals surface area contributed by atoms with Crippen molar-refractivity contribution in [1.82, 2.24) is 0 Å². The largest absolute Gasteiger partial charge is 0.496 e. The molecule has 1 N–H and O–H groups in total. The molecular weight excluding hydrogens is 412 g/mol. The Hall–Kier alpha value is -3.57. The number of hydrogen-bond donors (Lipinski definition) is 1. The maximum Gasteiger partial charge on any atom is 0.282 e. The maximum absolute atomic E-state index is 13.5. The first-order chi connectivity index (χ1) is 14.9. The third-order valence-electron chi connectivity index (χ3n) is 5.20. The monoisotopic (exact) mass is 432 g/mol. The van der Waals surface area contributed by atoms with Crippen LogP contribution < -0.4 is 15.0 Å². The molecule has 0 aromatic heterocycles. The Bertz CT molecular complexity index is 1220. The molecule has 0 saturated carbocycles. The highest BCUT2D eigenvalue weighted by molar-refractivity contribution is 6.46. The number of ether oxygens (including phenoxy) is 1. The molecule has 0 atom stereocenters. The minimum absolute atomic E-state index is 0.207. The molecule has 3 aromatic carbocycles. The molecule has 0 saturated heterocycles. The van der Waals surface area contributed by atoms with Gasteiger partial charge in [-0.25, -0.2) is 4.90 Å². The molecule has 0 spiro atoms. The number of carbonyl (C=O) groups is 2. The Morgan fingerprint density at radius 1 is 0.903 bits per heavy atom. The van der Waals surface area contributed by atoms with Crippen molar-refractivity contribution in [3.63, 3.8) is 0 Å². The number of anilines is 2. The summed E-state index contributed by atoms with van der Waals surface area (Å²) < 4.78 is 5.48. The molecule has 3 aromatic rings. The van der Waals surface area contributed by atoms with E-state index in [1.165, 1.54) is 7.11 Å². The zero-order valence-corrected chi connectivity index (χ0v) is 18.2. The van der Waals surface area contributed by atoms with Crippen molar-refractivity contribution in [3.8, 4) is 5.75 Å². The summed E-state index contributed by atoms with van der Waals surface area (Å²) >= 11 is 6.00. The van der Waals surface area contributed by atoms with Gasteiger partial charge >= 0.3 is 0 Å². The zero-order valence-electron chi connectivity index (χ0n) is 17.4. The van der Waals surface area contributed by atoms with Gasteiger partial charge in [-0.2, -0.15) is 0 Å². The molecule has 0 aliphatic carbocycles. The predicted molar refractivity (Wildman–Crippen MR) is 123 cm³/mol. The van der Waals surface area contributed by atoms with Crippen LogP contribution in [0.25, 0.3) is 5.57 Å². The summed E-state index contributed by atoms with van der Waals surface area (Å²) in [6.07, 6.45) is 0. The molecule has 4 rings (SSSR count). The summed E-state index contributed by atoms with van der Waals surface area (Å²) in [7, 11) is 1.54. The number of methoxy groups -OCH3 is 1. The van der Waals surface area contributed by atoms with Crippen LogP contribution in [-0.2, 0) is 9.59 Å². The molecule has 156 valence electrons. The number of benzene rings is 3.